The molecule has 0 aliphatic heterocycles. The molecule has 23 heavy (non-hydrogen) atoms. The van der Waals surface area contributed by atoms with E-state index in [4.69, 9.17) is 5.11 Å². The molecule has 0 aliphatic rings. The minimum atomic E-state index is -4.20. The number of likely N-dealkylation sites (N-methyl/N-ethyl adjacent to an activating group) is 1. The molecule has 1 aromatic carbocycles. The summed E-state index contributed by atoms with van der Waals surface area (Å²) < 4.78 is 54.0. The number of nitrogens with one attached hydrogen (secondary N) is 1. The highest BCUT2D eigenvalue weighted by Crippen LogP contribution is 2.23. The smallest absolute Gasteiger partial charge is 0.330 e. The Balaban J connectivity index is 2.55. The topological polar surface area (TPSA) is 61.8 Å². The van der Waals surface area contributed by atoms with Crippen LogP contribution < -0.4 is 5.32 Å². The van der Waals surface area contributed by atoms with Crippen LogP contribution in [0.4, 0.5) is 28.0 Å². The van der Waals surface area contributed by atoms with Gasteiger partial charge in [0.2, 0.25) is 0 Å². The van der Waals surface area contributed by atoms with Crippen molar-refractivity contribution in [2.45, 2.75) is 19.0 Å². The summed E-state index contributed by atoms with van der Waals surface area (Å²) in [7, 11) is 1.49. The molecule has 2 N–H and O–H groups in total. The number of anilines is 1. The Hall–Kier alpha value is -1.87. The highest BCUT2D eigenvalue weighted by Gasteiger charge is 2.40. The number of halogens is 4. The predicted octanol–water partition coefficient (Wildman–Crippen LogP) is 2.56. The molecule has 0 fully saturated rings. The zero-order valence-corrected chi connectivity index (χ0v) is 12.4. The lowest BCUT2D eigenvalue weighted by Crippen LogP contribution is -2.33. The quantitative estimate of drug-likeness (QED) is 0.716. The fourth-order valence-corrected chi connectivity index (χ4v) is 1.58. The van der Waals surface area contributed by atoms with Crippen molar-refractivity contribution in [2.24, 2.45) is 0 Å². The fraction of sp³-hybridized carbons (Fsp3) is 0.500. The minimum absolute atomic E-state index is 0.150. The van der Waals surface area contributed by atoms with E-state index in [9.17, 15) is 22.4 Å². The molecule has 5 nitrogen and oxygen atoms in total. The molecule has 0 saturated carbocycles. The molecule has 0 heterocycles. The van der Waals surface area contributed by atoms with Gasteiger partial charge < -0.3 is 20.1 Å². The lowest BCUT2D eigenvalue weighted by molar-refractivity contribution is -0.168. The third-order valence-corrected chi connectivity index (χ3v) is 2.84. The number of rotatable bonds is 8. The summed E-state index contributed by atoms with van der Waals surface area (Å²) >= 11 is 0. The van der Waals surface area contributed by atoms with Crippen molar-refractivity contribution in [2.75, 3.05) is 32.1 Å². The fourth-order valence-electron chi connectivity index (χ4n) is 1.58. The predicted molar refractivity (Wildman–Crippen MR) is 75.8 cm³/mol. The van der Waals surface area contributed by atoms with Crippen LogP contribution in [-0.4, -0.2) is 55.2 Å². The number of urea groups is 1. The van der Waals surface area contributed by atoms with Gasteiger partial charge in [0.15, 0.2) is 0 Å². The second kappa shape index (κ2) is 8.68. The molecule has 0 bridgehead atoms. The summed E-state index contributed by atoms with van der Waals surface area (Å²) in [6, 6.07) is 5.70. The van der Waals surface area contributed by atoms with Gasteiger partial charge in [-0.3, -0.25) is 0 Å². The first-order valence-corrected chi connectivity index (χ1v) is 6.72. The van der Waals surface area contributed by atoms with Gasteiger partial charge in [-0.15, -0.1) is 0 Å². The number of benzene rings is 1. The summed E-state index contributed by atoms with van der Waals surface area (Å²) in [6.45, 7) is -1.72. The van der Waals surface area contributed by atoms with Crippen LogP contribution in [0, 0.1) is 0 Å². The number of hydrogen-bond acceptors (Lipinski definition) is 3. The van der Waals surface area contributed by atoms with Crippen LogP contribution >= 0.6 is 0 Å². The lowest BCUT2D eigenvalue weighted by atomic mass is 10.2. The molecule has 0 aromatic heterocycles. The van der Waals surface area contributed by atoms with E-state index < -0.39 is 25.0 Å². The third-order valence-electron chi connectivity index (χ3n) is 2.84. The number of carbonyl (C=O) groups excluding carboxylic acids is 1. The van der Waals surface area contributed by atoms with E-state index in [2.05, 4.69) is 10.1 Å². The summed E-state index contributed by atoms with van der Waals surface area (Å²) in [5.41, 5.74) is 0.833. The number of aliphatic hydroxyl groups is 1. The van der Waals surface area contributed by atoms with Crippen LogP contribution in [0.15, 0.2) is 24.3 Å². The van der Waals surface area contributed by atoms with Crippen molar-refractivity contribution in [3.05, 3.63) is 29.8 Å². The van der Waals surface area contributed by atoms with Gasteiger partial charge in [0, 0.05) is 19.3 Å². The van der Waals surface area contributed by atoms with Crippen LogP contribution in [0.25, 0.3) is 0 Å². The SMILES string of the molecule is CN(CCO)C(=O)Nc1cccc(COCC(F)(F)C(F)F)c1. The number of ether oxygens (including phenoxy) is 1. The Bertz CT molecular complexity index is 515. The number of amides is 2. The highest BCUT2D eigenvalue weighted by atomic mass is 19.3. The zero-order valence-electron chi connectivity index (χ0n) is 12.4. The molecule has 2 amide bonds. The van der Waals surface area contributed by atoms with Gasteiger partial charge >= 0.3 is 18.4 Å². The maximum Gasteiger partial charge on any atom is 0.330 e. The molecule has 9 heteroatoms. The minimum Gasteiger partial charge on any atom is -0.395 e. The monoisotopic (exact) mass is 338 g/mol. The Morgan fingerprint density at radius 1 is 1.43 bits per heavy atom. The van der Waals surface area contributed by atoms with Gasteiger partial charge in [-0.25, -0.2) is 13.6 Å². The van der Waals surface area contributed by atoms with Crippen molar-refractivity contribution in [3.8, 4) is 0 Å². The first-order chi connectivity index (χ1) is 10.8. The number of nitrogens with zero attached hydrogens (tertiary/aromatic N) is 1. The van der Waals surface area contributed by atoms with E-state index in [1.165, 1.54) is 18.0 Å². The second-order valence-corrected chi connectivity index (χ2v) is 4.83. The Morgan fingerprint density at radius 3 is 2.74 bits per heavy atom. The van der Waals surface area contributed by atoms with Crippen molar-refractivity contribution >= 4 is 11.7 Å². The molecular formula is C14H18F4N2O3. The first kappa shape index (κ1) is 19.2. The second-order valence-electron chi connectivity index (χ2n) is 4.83. The Kier molecular flexibility index (Phi) is 7.24. The first-order valence-electron chi connectivity index (χ1n) is 6.72. The Labute approximate surface area is 130 Å². The van der Waals surface area contributed by atoms with Gasteiger partial charge in [-0.2, -0.15) is 8.78 Å². The van der Waals surface area contributed by atoms with E-state index in [0.29, 0.717) is 11.3 Å². The molecular weight excluding hydrogens is 320 g/mol. The largest absolute Gasteiger partial charge is 0.395 e. The standard InChI is InChI=1S/C14H18F4N2O3/c1-20(5-6-21)13(22)19-11-4-2-3-10(7-11)8-23-9-14(17,18)12(15)16/h2-4,7,12,21H,5-6,8-9H2,1H3,(H,19,22). The molecule has 0 unspecified atom stereocenters. The molecule has 0 saturated heterocycles. The number of aliphatic hydroxyl groups excluding tert-OH is 1. The van der Waals surface area contributed by atoms with Gasteiger partial charge in [-0.05, 0) is 17.7 Å². The van der Waals surface area contributed by atoms with Crippen molar-refractivity contribution < 1.29 is 32.2 Å². The van der Waals surface area contributed by atoms with Gasteiger partial charge in [0.25, 0.3) is 0 Å². The molecule has 0 atom stereocenters. The van der Waals surface area contributed by atoms with Crippen molar-refractivity contribution in [1.29, 1.82) is 0 Å². The molecule has 130 valence electrons. The van der Waals surface area contributed by atoms with Gasteiger partial charge in [0.05, 0.1) is 13.2 Å². The maximum absolute atomic E-state index is 12.7. The van der Waals surface area contributed by atoms with E-state index in [0.717, 1.165) is 0 Å². The van der Waals surface area contributed by atoms with Gasteiger partial charge in [0.1, 0.15) is 6.61 Å². The number of carbonyl (C=O) groups is 1. The van der Waals surface area contributed by atoms with E-state index in [-0.39, 0.29) is 19.8 Å². The van der Waals surface area contributed by atoms with Crippen molar-refractivity contribution in [1.82, 2.24) is 4.90 Å². The summed E-state index contributed by atoms with van der Waals surface area (Å²) in [5, 5.41) is 11.3. The third kappa shape index (κ3) is 6.41. The van der Waals surface area contributed by atoms with Crippen LogP contribution in [-0.2, 0) is 11.3 Å². The molecule has 0 aliphatic carbocycles. The van der Waals surface area contributed by atoms with Crippen LogP contribution in [0.5, 0.6) is 0 Å². The molecule has 1 rings (SSSR count). The normalized spacial score (nSPS) is 11.6. The number of hydrogen-bond donors (Lipinski definition) is 2. The van der Waals surface area contributed by atoms with E-state index in [1.807, 2.05) is 0 Å². The number of alkyl halides is 4. The average molecular weight is 338 g/mol. The molecule has 1 aromatic rings. The van der Waals surface area contributed by atoms with Gasteiger partial charge in [-0.1, -0.05) is 12.1 Å². The maximum atomic E-state index is 12.7. The molecule has 0 spiro atoms. The summed E-state index contributed by atoms with van der Waals surface area (Å²) in [5.74, 6) is -4.20. The average Bonchev–Trinajstić information content (AvgIpc) is 2.47. The molecule has 0 radical (unpaired) electrons. The highest BCUT2D eigenvalue weighted by molar-refractivity contribution is 5.89. The summed E-state index contributed by atoms with van der Waals surface area (Å²) in [6.07, 6.45) is -3.78. The van der Waals surface area contributed by atoms with Crippen molar-refractivity contribution in [3.63, 3.8) is 0 Å². The Morgan fingerprint density at radius 2 is 2.13 bits per heavy atom. The van der Waals surface area contributed by atoms with Crippen LogP contribution in [0.2, 0.25) is 0 Å². The van der Waals surface area contributed by atoms with Crippen LogP contribution in [0.1, 0.15) is 5.56 Å². The zero-order chi connectivity index (χ0) is 17.5. The summed E-state index contributed by atoms with van der Waals surface area (Å²) in [4.78, 5) is 13.0. The van der Waals surface area contributed by atoms with E-state index in [1.54, 1.807) is 18.2 Å². The van der Waals surface area contributed by atoms with E-state index >= 15 is 0 Å². The lowest BCUT2D eigenvalue weighted by Gasteiger charge is -2.17. The van der Waals surface area contributed by atoms with Crippen LogP contribution in [0.3, 0.4) is 0 Å².